The summed E-state index contributed by atoms with van der Waals surface area (Å²) in [6.45, 7) is 2.71. The van der Waals surface area contributed by atoms with Gasteiger partial charge >= 0.3 is 6.03 Å². The van der Waals surface area contributed by atoms with Crippen LogP contribution in [0.5, 0.6) is 0 Å². The Labute approximate surface area is 105 Å². The van der Waals surface area contributed by atoms with Crippen molar-refractivity contribution in [2.24, 2.45) is 0 Å². The molecule has 0 spiro atoms. The summed E-state index contributed by atoms with van der Waals surface area (Å²) in [7, 11) is 0. The van der Waals surface area contributed by atoms with Crippen LogP contribution in [-0.2, 0) is 0 Å². The highest BCUT2D eigenvalue weighted by Gasteiger charge is 2.42. The number of carbonyl (C=O) groups excluding carboxylic acids is 1. The lowest BCUT2D eigenvalue weighted by Gasteiger charge is -2.46. The second-order valence-corrected chi connectivity index (χ2v) is 4.77. The van der Waals surface area contributed by atoms with Crippen LogP contribution in [0, 0.1) is 5.82 Å². The Hall–Kier alpha value is -1.62. The van der Waals surface area contributed by atoms with E-state index < -0.39 is 5.60 Å². The van der Waals surface area contributed by atoms with E-state index in [2.05, 4.69) is 5.32 Å². The fourth-order valence-electron chi connectivity index (χ4n) is 2.17. The number of nitrogens with zero attached hydrogens (tertiary/aromatic N) is 1. The predicted molar refractivity (Wildman–Crippen MR) is 66.8 cm³/mol. The first-order chi connectivity index (χ1) is 8.52. The second-order valence-electron chi connectivity index (χ2n) is 4.77. The maximum atomic E-state index is 12.7. The number of amides is 2. The van der Waals surface area contributed by atoms with Crippen molar-refractivity contribution in [1.29, 1.82) is 0 Å². The van der Waals surface area contributed by atoms with Gasteiger partial charge in [0.1, 0.15) is 5.82 Å². The van der Waals surface area contributed by atoms with Gasteiger partial charge in [0.25, 0.3) is 0 Å². The second kappa shape index (κ2) is 4.94. The van der Waals surface area contributed by atoms with Gasteiger partial charge in [-0.3, -0.25) is 0 Å². The molecule has 0 aliphatic carbocycles. The summed E-state index contributed by atoms with van der Waals surface area (Å²) in [5, 5.41) is 12.6. The molecule has 2 N–H and O–H groups in total. The lowest BCUT2D eigenvalue weighted by Crippen LogP contribution is -2.64. The van der Waals surface area contributed by atoms with Gasteiger partial charge in [-0.25, -0.2) is 9.18 Å². The number of urea groups is 1. The molecule has 2 rings (SSSR count). The standard InChI is InChI=1S/C13H17FN2O2/c1-2-7-13(18)8-16(9-13)12(17)15-11-5-3-10(14)4-6-11/h3-6,18H,2,7-9H2,1H3,(H,15,17). The van der Waals surface area contributed by atoms with Crippen molar-refractivity contribution in [3.8, 4) is 0 Å². The van der Waals surface area contributed by atoms with Crippen LogP contribution in [0.25, 0.3) is 0 Å². The van der Waals surface area contributed by atoms with Gasteiger partial charge in [0.15, 0.2) is 0 Å². The summed E-state index contributed by atoms with van der Waals surface area (Å²) < 4.78 is 12.7. The third-order valence-corrected chi connectivity index (χ3v) is 3.07. The number of hydrogen-bond donors (Lipinski definition) is 2. The maximum Gasteiger partial charge on any atom is 0.322 e. The first-order valence-electron chi connectivity index (χ1n) is 6.06. The number of β-amino-alcohol motifs (C(OH)–C–C–N with tert-alkyl or cyclic N) is 1. The molecule has 1 aromatic carbocycles. The van der Waals surface area contributed by atoms with E-state index in [1.54, 1.807) is 4.90 Å². The van der Waals surface area contributed by atoms with Crippen LogP contribution < -0.4 is 5.32 Å². The Bertz CT molecular complexity index is 427. The monoisotopic (exact) mass is 252 g/mol. The average Bonchev–Trinajstić information content (AvgIpc) is 2.29. The van der Waals surface area contributed by atoms with Crippen LogP contribution in [0.4, 0.5) is 14.9 Å². The van der Waals surface area contributed by atoms with Crippen LogP contribution in [0.2, 0.25) is 0 Å². The molecule has 98 valence electrons. The van der Waals surface area contributed by atoms with Gasteiger partial charge in [0.2, 0.25) is 0 Å². The van der Waals surface area contributed by atoms with Crippen LogP contribution in [0.1, 0.15) is 19.8 Å². The van der Waals surface area contributed by atoms with E-state index in [9.17, 15) is 14.3 Å². The number of carbonyl (C=O) groups is 1. The quantitative estimate of drug-likeness (QED) is 0.866. The molecule has 0 saturated carbocycles. The molecule has 1 aliphatic heterocycles. The van der Waals surface area contributed by atoms with Crippen molar-refractivity contribution in [3.05, 3.63) is 30.1 Å². The predicted octanol–water partition coefficient (Wildman–Crippen LogP) is 2.20. The zero-order chi connectivity index (χ0) is 13.2. The summed E-state index contributed by atoms with van der Waals surface area (Å²) in [6, 6.07) is 5.33. The van der Waals surface area contributed by atoms with Gasteiger partial charge in [-0.15, -0.1) is 0 Å². The third kappa shape index (κ3) is 2.79. The van der Waals surface area contributed by atoms with Crippen LogP contribution >= 0.6 is 0 Å². The summed E-state index contributed by atoms with van der Waals surface area (Å²) >= 11 is 0. The zero-order valence-corrected chi connectivity index (χ0v) is 10.3. The number of benzene rings is 1. The molecule has 1 heterocycles. The molecule has 0 radical (unpaired) electrons. The number of halogens is 1. The Kier molecular flexibility index (Phi) is 3.52. The van der Waals surface area contributed by atoms with Gasteiger partial charge in [-0.2, -0.15) is 0 Å². The lowest BCUT2D eigenvalue weighted by molar-refractivity contribution is -0.0792. The van der Waals surface area contributed by atoms with Gasteiger partial charge in [-0.1, -0.05) is 13.3 Å². The first kappa shape index (κ1) is 12.8. The minimum absolute atomic E-state index is 0.262. The highest BCUT2D eigenvalue weighted by molar-refractivity contribution is 5.90. The van der Waals surface area contributed by atoms with Crippen molar-refractivity contribution < 1.29 is 14.3 Å². The average molecular weight is 252 g/mol. The minimum atomic E-state index is -0.727. The van der Waals surface area contributed by atoms with E-state index in [0.29, 0.717) is 25.2 Å². The normalized spacial score (nSPS) is 17.2. The third-order valence-electron chi connectivity index (χ3n) is 3.07. The summed E-state index contributed by atoms with van der Waals surface area (Å²) in [6.07, 6.45) is 1.59. The van der Waals surface area contributed by atoms with E-state index in [4.69, 9.17) is 0 Å². The van der Waals surface area contributed by atoms with Crippen LogP contribution in [0.15, 0.2) is 24.3 Å². The highest BCUT2D eigenvalue weighted by Crippen LogP contribution is 2.26. The molecule has 1 aliphatic rings. The Balaban J connectivity index is 1.85. The molecule has 1 aromatic rings. The molecule has 0 aromatic heterocycles. The maximum absolute atomic E-state index is 12.7. The molecule has 1 saturated heterocycles. The summed E-state index contributed by atoms with van der Waals surface area (Å²) in [4.78, 5) is 13.3. The molecule has 0 atom stereocenters. The molecule has 2 amide bonds. The van der Waals surface area contributed by atoms with E-state index in [-0.39, 0.29) is 11.8 Å². The zero-order valence-electron chi connectivity index (χ0n) is 10.3. The van der Waals surface area contributed by atoms with Crippen molar-refractivity contribution in [2.45, 2.75) is 25.4 Å². The number of nitrogens with one attached hydrogen (secondary N) is 1. The summed E-state index contributed by atoms with van der Waals surface area (Å²) in [5.41, 5.74) is -0.179. The molecule has 0 bridgehead atoms. The van der Waals surface area contributed by atoms with Gasteiger partial charge in [-0.05, 0) is 30.7 Å². The fraction of sp³-hybridized carbons (Fsp3) is 0.462. The van der Waals surface area contributed by atoms with Crippen molar-refractivity contribution in [2.75, 3.05) is 18.4 Å². The van der Waals surface area contributed by atoms with Gasteiger partial charge in [0, 0.05) is 5.69 Å². The molecule has 0 unspecified atom stereocenters. The lowest BCUT2D eigenvalue weighted by atomic mass is 9.90. The Morgan fingerprint density at radius 1 is 1.44 bits per heavy atom. The molecule has 4 nitrogen and oxygen atoms in total. The number of hydrogen-bond acceptors (Lipinski definition) is 2. The van der Waals surface area contributed by atoms with E-state index in [0.717, 1.165) is 6.42 Å². The van der Waals surface area contributed by atoms with Crippen molar-refractivity contribution in [3.63, 3.8) is 0 Å². The molecular weight excluding hydrogens is 235 g/mol. The fourth-order valence-corrected chi connectivity index (χ4v) is 2.17. The van der Waals surface area contributed by atoms with Gasteiger partial charge in [0.05, 0.1) is 18.7 Å². The van der Waals surface area contributed by atoms with E-state index in [1.165, 1.54) is 24.3 Å². The Morgan fingerprint density at radius 2 is 2.06 bits per heavy atom. The number of aliphatic hydroxyl groups is 1. The van der Waals surface area contributed by atoms with E-state index >= 15 is 0 Å². The van der Waals surface area contributed by atoms with Gasteiger partial charge < -0.3 is 15.3 Å². The summed E-state index contributed by atoms with van der Waals surface area (Å²) in [5.74, 6) is -0.339. The molecular formula is C13H17FN2O2. The Morgan fingerprint density at radius 3 is 2.61 bits per heavy atom. The highest BCUT2D eigenvalue weighted by atomic mass is 19.1. The van der Waals surface area contributed by atoms with Crippen molar-refractivity contribution >= 4 is 11.7 Å². The van der Waals surface area contributed by atoms with Crippen molar-refractivity contribution in [1.82, 2.24) is 4.90 Å². The smallest absolute Gasteiger partial charge is 0.322 e. The number of anilines is 1. The van der Waals surface area contributed by atoms with Crippen LogP contribution in [0.3, 0.4) is 0 Å². The largest absolute Gasteiger partial charge is 0.386 e. The first-order valence-corrected chi connectivity index (χ1v) is 6.06. The van der Waals surface area contributed by atoms with Crippen LogP contribution in [-0.4, -0.2) is 34.7 Å². The SMILES string of the molecule is CCCC1(O)CN(C(=O)Nc2ccc(F)cc2)C1. The molecule has 5 heteroatoms. The molecule has 1 fully saturated rings. The number of rotatable bonds is 3. The topological polar surface area (TPSA) is 52.6 Å². The van der Waals surface area contributed by atoms with E-state index in [1.807, 2.05) is 6.92 Å². The molecule has 18 heavy (non-hydrogen) atoms. The number of likely N-dealkylation sites (tertiary alicyclic amines) is 1. The minimum Gasteiger partial charge on any atom is -0.386 e.